The molecule has 17 heteroatoms. The third-order valence-electron chi connectivity index (χ3n) is 13.4. The molecule has 0 saturated heterocycles. The number of ether oxygens (including phenoxy) is 2. The van der Waals surface area contributed by atoms with Gasteiger partial charge in [0.2, 0.25) is 0 Å². The highest BCUT2D eigenvalue weighted by molar-refractivity contribution is 7.96. The fourth-order valence-electron chi connectivity index (χ4n) is 12.9. The first-order chi connectivity index (χ1) is 24.5. The lowest BCUT2D eigenvalue weighted by Crippen LogP contribution is -2.60. The largest absolute Gasteiger partial charge is 0.691 e. The maximum Gasteiger partial charge on any atom is 0.415 e. The summed E-state index contributed by atoms with van der Waals surface area (Å²) in [5.41, 5.74) is -1.17. The van der Waals surface area contributed by atoms with Gasteiger partial charge < -0.3 is 25.1 Å². The van der Waals surface area contributed by atoms with Crippen LogP contribution in [0.2, 0.25) is 0 Å². The third kappa shape index (κ3) is 9.79. The zero-order chi connectivity index (χ0) is 39.1. The Labute approximate surface area is 317 Å². The van der Waals surface area contributed by atoms with E-state index in [2.05, 4.69) is 39.5 Å². The van der Waals surface area contributed by atoms with E-state index in [0.717, 1.165) is 64.2 Å². The smallest absolute Gasteiger partial charge is 0.415 e. The van der Waals surface area contributed by atoms with Crippen LogP contribution >= 0.6 is 24.1 Å². The van der Waals surface area contributed by atoms with Crippen LogP contribution in [0.5, 0.6) is 0 Å². The molecule has 53 heavy (non-hydrogen) atoms. The Morgan fingerprint density at radius 2 is 1.09 bits per heavy atom. The molecule has 8 saturated carbocycles. The predicted octanol–water partition coefficient (Wildman–Crippen LogP) is 7.15. The summed E-state index contributed by atoms with van der Waals surface area (Å²) in [6, 6.07) is 0. The van der Waals surface area contributed by atoms with Crippen molar-refractivity contribution in [2.24, 2.45) is 50.7 Å². The number of rotatable bonds is 17. The number of carbonyl (C=O) groups excluding carboxylic acids is 2. The van der Waals surface area contributed by atoms with E-state index in [1.54, 1.807) is 0 Å². The Kier molecular flexibility index (Phi) is 12.9. The van der Waals surface area contributed by atoms with E-state index in [4.69, 9.17) is 9.47 Å². The zero-order valence-corrected chi connectivity index (χ0v) is 32.8. The van der Waals surface area contributed by atoms with Crippen molar-refractivity contribution < 1.29 is 71.0 Å². The maximum atomic E-state index is 13.7. The van der Waals surface area contributed by atoms with Crippen molar-refractivity contribution in [1.29, 1.82) is 0 Å². The quantitative estimate of drug-likeness (QED) is 0.0521. The molecule has 8 aliphatic rings. The molecule has 8 aliphatic carbocycles. The predicted molar refractivity (Wildman–Crippen MR) is 180 cm³/mol. The minimum Gasteiger partial charge on any atom is -0.691 e. The van der Waals surface area contributed by atoms with Crippen molar-refractivity contribution >= 4 is 36.0 Å². The molecular formula is C36H54F4O11S2-2. The molecule has 8 bridgehead atoms. The topological polar surface area (TPSA) is 156 Å². The van der Waals surface area contributed by atoms with E-state index in [1.807, 2.05) is 13.8 Å². The zero-order valence-electron chi connectivity index (χ0n) is 31.2. The summed E-state index contributed by atoms with van der Waals surface area (Å²) in [5.74, 6) is -1.36. The monoisotopic (exact) mass is 802 g/mol. The average molecular weight is 803 g/mol. The summed E-state index contributed by atoms with van der Waals surface area (Å²) in [6.07, 6.45) is 15.3. The van der Waals surface area contributed by atoms with Crippen LogP contribution in [0.4, 0.5) is 17.6 Å². The van der Waals surface area contributed by atoms with Gasteiger partial charge in [0.15, 0.2) is 0 Å². The lowest BCUT2D eigenvalue weighted by molar-refractivity contribution is -0.777. The van der Waals surface area contributed by atoms with Gasteiger partial charge in [-0.25, -0.2) is 9.59 Å². The van der Waals surface area contributed by atoms with Crippen LogP contribution in [-0.2, 0) is 37.8 Å². The molecule has 4 unspecified atom stereocenters. The molecule has 0 radical (unpaired) electrons. The highest BCUT2D eigenvalue weighted by Crippen LogP contribution is 2.69. The van der Waals surface area contributed by atoms with Crippen LogP contribution < -0.4 is 10.5 Å². The Hall–Kier alpha value is -0.920. The van der Waals surface area contributed by atoms with E-state index in [-0.39, 0.29) is 40.3 Å². The molecule has 306 valence electrons. The molecule has 11 nitrogen and oxygen atoms in total. The highest BCUT2D eigenvalue weighted by Gasteiger charge is 2.63. The van der Waals surface area contributed by atoms with Gasteiger partial charge in [-0.3, -0.25) is 10.1 Å². The molecule has 0 aromatic heterocycles. The van der Waals surface area contributed by atoms with Gasteiger partial charge in [-0.15, -0.1) is 0 Å². The Morgan fingerprint density at radius 1 is 0.698 bits per heavy atom. The lowest BCUT2D eigenvalue weighted by atomic mass is 9.41. The second-order valence-corrected chi connectivity index (χ2v) is 20.6. The van der Waals surface area contributed by atoms with Gasteiger partial charge in [0, 0.05) is 10.8 Å². The van der Waals surface area contributed by atoms with E-state index in [0.29, 0.717) is 30.1 Å². The molecule has 0 spiro atoms. The first-order valence-electron chi connectivity index (χ1n) is 18.6. The van der Waals surface area contributed by atoms with Crippen molar-refractivity contribution in [1.82, 2.24) is 0 Å². The fraction of sp³-hybridized carbons (Fsp3) is 0.944. The van der Waals surface area contributed by atoms with Gasteiger partial charge in [0.25, 0.3) is 0 Å². The molecule has 4 atom stereocenters. The summed E-state index contributed by atoms with van der Waals surface area (Å²) in [6.45, 7) is 10.4. The van der Waals surface area contributed by atoms with Crippen molar-refractivity contribution in [3.63, 3.8) is 0 Å². The summed E-state index contributed by atoms with van der Waals surface area (Å²) in [4.78, 5) is 23.5. The summed E-state index contributed by atoms with van der Waals surface area (Å²) < 4.78 is 71.6. The van der Waals surface area contributed by atoms with Gasteiger partial charge >= 0.3 is 22.4 Å². The Morgan fingerprint density at radius 3 is 1.49 bits per heavy atom. The van der Waals surface area contributed by atoms with Crippen LogP contribution in [0.1, 0.15) is 131 Å². The molecule has 1 N–H and O–H groups in total. The van der Waals surface area contributed by atoms with E-state index in [1.165, 1.54) is 25.7 Å². The normalized spacial score (nSPS) is 35.9. The van der Waals surface area contributed by atoms with Gasteiger partial charge in [0.1, 0.15) is 24.1 Å². The minimum atomic E-state index is -4.01. The summed E-state index contributed by atoms with van der Waals surface area (Å²) in [5, 5.41) is 27.9. The molecule has 0 amide bonds. The second kappa shape index (κ2) is 15.8. The molecule has 8 fully saturated rings. The van der Waals surface area contributed by atoms with Gasteiger partial charge in [-0.05, 0) is 144 Å². The lowest BCUT2D eigenvalue weighted by Gasteiger charge is -2.65. The van der Waals surface area contributed by atoms with Crippen LogP contribution in [0.25, 0.3) is 0 Å². The number of halogens is 4. The SMILES string of the molecule is CC(C)(O)C12CC3CC(CC(COC(=O)C(F)(F)SOO[O-])(C3)C1)C2.CCCC(C)(C)CC12CC3CC(CC(COC(=O)C(F)(F)SOO[O-])(C3)C1)C2. The molecular weight excluding hydrogens is 749 g/mol. The minimum absolute atomic E-state index is 0.0170. The van der Waals surface area contributed by atoms with Gasteiger partial charge in [0.05, 0.1) is 18.8 Å². The van der Waals surface area contributed by atoms with Crippen LogP contribution in [-0.4, -0.2) is 46.4 Å². The number of alkyl halides is 4. The van der Waals surface area contributed by atoms with Crippen molar-refractivity contribution in [3.05, 3.63) is 0 Å². The standard InChI is InChI=1S/C20H32F2O5S.C16H24F2O6S/c1-4-5-17(2,3)11-18-7-14-6-15(8-18)10-19(9-14,12-18)13-25-16(23)20(21,22)28-27-26-24;1-13(2,20)15-6-10-3-11(7-15)5-14(4-10,8-15)9-22-12(19)16(17,18)25-24-23-21/h14-15,24H,4-13H2,1-3H3;10-11,20-21H,3-9H2,1-2H3/p-2. The van der Waals surface area contributed by atoms with Crippen molar-refractivity contribution in [2.45, 2.75) is 147 Å². The van der Waals surface area contributed by atoms with Gasteiger partial charge in [-0.2, -0.15) is 26.2 Å². The van der Waals surface area contributed by atoms with Crippen LogP contribution in [0.3, 0.4) is 0 Å². The Bertz CT molecular complexity index is 1280. The molecule has 0 heterocycles. The second-order valence-electron chi connectivity index (χ2n) is 19.0. The molecule has 8 rings (SSSR count). The number of hydrogen-bond acceptors (Lipinski definition) is 13. The van der Waals surface area contributed by atoms with Crippen molar-refractivity contribution in [3.8, 4) is 0 Å². The number of esters is 2. The highest BCUT2D eigenvalue weighted by atomic mass is 32.2. The average Bonchev–Trinajstić information content (AvgIpc) is 3.02. The van der Waals surface area contributed by atoms with E-state index < -0.39 is 52.1 Å². The first-order valence-corrected chi connectivity index (χ1v) is 20.1. The van der Waals surface area contributed by atoms with Crippen molar-refractivity contribution in [2.75, 3.05) is 13.2 Å². The summed E-state index contributed by atoms with van der Waals surface area (Å²) >= 11 is -1.30. The summed E-state index contributed by atoms with van der Waals surface area (Å²) in [7, 11) is 0. The number of aliphatic hydroxyl groups is 1. The van der Waals surface area contributed by atoms with Crippen LogP contribution in [0.15, 0.2) is 0 Å². The molecule has 0 aromatic rings. The van der Waals surface area contributed by atoms with E-state index in [9.17, 15) is 42.8 Å². The third-order valence-corrected chi connectivity index (χ3v) is 14.4. The maximum absolute atomic E-state index is 13.7. The first kappa shape index (κ1) is 43.2. The Balaban J connectivity index is 0.000000206. The van der Waals surface area contributed by atoms with Crippen LogP contribution in [0, 0.1) is 50.7 Å². The van der Waals surface area contributed by atoms with Gasteiger partial charge in [-0.1, -0.05) is 27.2 Å². The number of hydrogen-bond donors (Lipinski definition) is 1. The molecule has 0 aromatic carbocycles. The molecule has 0 aliphatic heterocycles. The van der Waals surface area contributed by atoms with E-state index >= 15 is 0 Å². The fourth-order valence-corrected chi connectivity index (χ4v) is 13.4. The number of carbonyl (C=O) groups is 2.